The van der Waals surface area contributed by atoms with E-state index in [9.17, 15) is 4.79 Å². The Balaban J connectivity index is 1.84. The maximum atomic E-state index is 11.7. The lowest BCUT2D eigenvalue weighted by Gasteiger charge is -2.10. The van der Waals surface area contributed by atoms with Gasteiger partial charge in [0.25, 0.3) is 0 Å². The van der Waals surface area contributed by atoms with Crippen LogP contribution in [0.1, 0.15) is 77.6 Å². The molecule has 21 heavy (non-hydrogen) atoms. The Kier molecular flexibility index (Phi) is 10.9. The summed E-state index contributed by atoms with van der Waals surface area (Å²) in [6.07, 6.45) is 21.9. The molecule has 2 nitrogen and oxygen atoms in total. The van der Waals surface area contributed by atoms with Crippen LogP contribution in [0.2, 0.25) is 0 Å². The molecule has 0 bridgehead atoms. The van der Waals surface area contributed by atoms with Gasteiger partial charge in [0.1, 0.15) is 0 Å². The van der Waals surface area contributed by atoms with Gasteiger partial charge in [-0.05, 0) is 12.8 Å². The molecule has 1 aliphatic carbocycles. The number of hydrogen-bond acceptors (Lipinski definition) is 2. The molecule has 1 aliphatic rings. The zero-order chi connectivity index (χ0) is 15.2. The summed E-state index contributed by atoms with van der Waals surface area (Å²) in [6.45, 7) is 2.83. The van der Waals surface area contributed by atoms with Crippen LogP contribution in [-0.4, -0.2) is 12.6 Å². The minimum absolute atomic E-state index is 0.0990. The van der Waals surface area contributed by atoms with Crippen LogP contribution >= 0.6 is 0 Å². The van der Waals surface area contributed by atoms with Crippen LogP contribution < -0.4 is 0 Å². The molecule has 0 heterocycles. The summed E-state index contributed by atoms with van der Waals surface area (Å²) in [5.74, 6) is -0.250. The highest BCUT2D eigenvalue weighted by molar-refractivity contribution is 5.76. The Bertz CT molecular complexity index is 306. The highest BCUT2D eigenvalue weighted by atomic mass is 16.5. The van der Waals surface area contributed by atoms with Gasteiger partial charge in [-0.1, -0.05) is 89.0 Å². The Labute approximate surface area is 130 Å². The Morgan fingerprint density at radius 2 is 1.43 bits per heavy atom. The van der Waals surface area contributed by atoms with Crippen molar-refractivity contribution in [2.45, 2.75) is 77.6 Å². The topological polar surface area (TPSA) is 26.3 Å². The van der Waals surface area contributed by atoms with E-state index in [1.54, 1.807) is 0 Å². The van der Waals surface area contributed by atoms with E-state index in [0.717, 1.165) is 12.8 Å². The summed E-state index contributed by atoms with van der Waals surface area (Å²) in [5, 5.41) is 0. The molecule has 0 radical (unpaired) electrons. The summed E-state index contributed by atoms with van der Waals surface area (Å²) in [6, 6.07) is 0. The van der Waals surface area contributed by atoms with Gasteiger partial charge in [0.2, 0.25) is 0 Å². The first kappa shape index (κ1) is 18.0. The summed E-state index contributed by atoms with van der Waals surface area (Å²) in [5.41, 5.74) is 0. The van der Waals surface area contributed by atoms with Crippen molar-refractivity contribution in [1.29, 1.82) is 0 Å². The van der Waals surface area contributed by atoms with Gasteiger partial charge in [0, 0.05) is 0 Å². The van der Waals surface area contributed by atoms with Gasteiger partial charge in [0.05, 0.1) is 12.5 Å². The summed E-state index contributed by atoms with van der Waals surface area (Å²) < 4.78 is 5.31. The third-order valence-electron chi connectivity index (χ3n) is 3.97. The van der Waals surface area contributed by atoms with E-state index >= 15 is 0 Å². The van der Waals surface area contributed by atoms with Crippen molar-refractivity contribution in [3.8, 4) is 0 Å². The highest BCUT2D eigenvalue weighted by Crippen LogP contribution is 2.13. The normalized spacial score (nSPS) is 14.5. The van der Waals surface area contributed by atoms with E-state index in [0.29, 0.717) is 6.61 Å². The lowest BCUT2D eigenvalue weighted by molar-refractivity contribution is -0.145. The third-order valence-corrected chi connectivity index (χ3v) is 3.97. The van der Waals surface area contributed by atoms with Crippen LogP contribution in [0.5, 0.6) is 0 Å². The second kappa shape index (κ2) is 12.7. The fourth-order valence-electron chi connectivity index (χ4n) is 2.61. The second-order valence-corrected chi connectivity index (χ2v) is 5.97. The van der Waals surface area contributed by atoms with Crippen molar-refractivity contribution in [3.05, 3.63) is 24.3 Å². The lowest BCUT2D eigenvalue weighted by Crippen LogP contribution is -2.15. The van der Waals surface area contributed by atoms with E-state index < -0.39 is 0 Å². The smallest absolute Gasteiger partial charge is 0.316 e. The maximum Gasteiger partial charge on any atom is 0.316 e. The Morgan fingerprint density at radius 1 is 0.905 bits per heavy atom. The molecule has 0 aromatic heterocycles. The largest absolute Gasteiger partial charge is 0.465 e. The van der Waals surface area contributed by atoms with Gasteiger partial charge in [-0.3, -0.25) is 4.79 Å². The molecule has 2 heteroatoms. The molecule has 0 saturated heterocycles. The number of esters is 1. The molecule has 1 rings (SSSR count). The average molecular weight is 292 g/mol. The molecule has 0 aromatic rings. The minimum Gasteiger partial charge on any atom is -0.465 e. The standard InChI is InChI=1S/C19H32O2/c1-2-3-4-5-6-7-8-9-10-14-17-21-19(20)18-15-12-11-13-16-18/h12-13,15-16,18H,2-11,14,17H2,1H3. The first-order valence-corrected chi connectivity index (χ1v) is 8.84. The maximum absolute atomic E-state index is 11.7. The molecule has 0 atom stereocenters. The summed E-state index contributed by atoms with van der Waals surface area (Å²) in [7, 11) is 0. The fourth-order valence-corrected chi connectivity index (χ4v) is 2.61. The highest BCUT2D eigenvalue weighted by Gasteiger charge is 2.14. The molecule has 0 amide bonds. The van der Waals surface area contributed by atoms with Gasteiger partial charge < -0.3 is 4.74 Å². The average Bonchev–Trinajstić information content (AvgIpc) is 2.53. The van der Waals surface area contributed by atoms with Crippen LogP contribution in [0.4, 0.5) is 0 Å². The fraction of sp³-hybridized carbons (Fsp3) is 0.737. The third kappa shape index (κ3) is 9.49. The molecule has 0 saturated carbocycles. The predicted octanol–water partition coefficient (Wildman–Crippen LogP) is 5.58. The van der Waals surface area contributed by atoms with Gasteiger partial charge >= 0.3 is 5.97 Å². The van der Waals surface area contributed by atoms with Crippen LogP contribution in [0.15, 0.2) is 24.3 Å². The number of ether oxygens (including phenoxy) is 1. The van der Waals surface area contributed by atoms with Gasteiger partial charge in [0.15, 0.2) is 0 Å². The SMILES string of the molecule is CCCCCCCCCCCCOC(=O)C1C=CCC=C1. The first-order chi connectivity index (χ1) is 10.3. The first-order valence-electron chi connectivity index (χ1n) is 8.84. The van der Waals surface area contributed by atoms with E-state index in [1.807, 2.05) is 24.3 Å². The van der Waals surface area contributed by atoms with Gasteiger partial charge in [-0.15, -0.1) is 0 Å². The number of allylic oxidation sites excluding steroid dienone is 2. The van der Waals surface area contributed by atoms with E-state index in [-0.39, 0.29) is 11.9 Å². The Hall–Kier alpha value is -1.05. The molecule has 0 fully saturated rings. The van der Waals surface area contributed by atoms with Crippen molar-refractivity contribution < 1.29 is 9.53 Å². The number of carbonyl (C=O) groups is 1. The predicted molar refractivity (Wildman–Crippen MR) is 89.2 cm³/mol. The monoisotopic (exact) mass is 292 g/mol. The van der Waals surface area contributed by atoms with E-state index in [4.69, 9.17) is 4.74 Å². The quantitative estimate of drug-likeness (QED) is 0.266. The van der Waals surface area contributed by atoms with E-state index in [1.165, 1.54) is 57.8 Å². The zero-order valence-electron chi connectivity index (χ0n) is 13.7. The Morgan fingerprint density at radius 3 is 2.00 bits per heavy atom. The molecule has 120 valence electrons. The summed E-state index contributed by atoms with van der Waals surface area (Å²) >= 11 is 0. The van der Waals surface area contributed by atoms with Crippen molar-refractivity contribution in [3.63, 3.8) is 0 Å². The number of carbonyl (C=O) groups excluding carboxylic acids is 1. The van der Waals surface area contributed by atoms with Gasteiger partial charge in [-0.25, -0.2) is 0 Å². The molecule has 0 unspecified atom stereocenters. The number of rotatable bonds is 12. The molecule has 0 aromatic carbocycles. The number of unbranched alkanes of at least 4 members (excludes halogenated alkanes) is 9. The second-order valence-electron chi connectivity index (χ2n) is 5.97. The molecule has 0 spiro atoms. The molecule has 0 N–H and O–H groups in total. The molecule has 0 aliphatic heterocycles. The zero-order valence-corrected chi connectivity index (χ0v) is 13.7. The van der Waals surface area contributed by atoms with Crippen LogP contribution in [0.25, 0.3) is 0 Å². The van der Waals surface area contributed by atoms with Crippen molar-refractivity contribution in [1.82, 2.24) is 0 Å². The minimum atomic E-state index is -0.151. The van der Waals surface area contributed by atoms with Crippen LogP contribution in [0, 0.1) is 5.92 Å². The van der Waals surface area contributed by atoms with Gasteiger partial charge in [-0.2, -0.15) is 0 Å². The van der Waals surface area contributed by atoms with Crippen LogP contribution in [-0.2, 0) is 9.53 Å². The number of hydrogen-bond donors (Lipinski definition) is 0. The van der Waals surface area contributed by atoms with Crippen molar-refractivity contribution in [2.24, 2.45) is 5.92 Å². The molecular weight excluding hydrogens is 260 g/mol. The summed E-state index contributed by atoms with van der Waals surface area (Å²) in [4.78, 5) is 11.7. The molecular formula is C19H32O2. The lowest BCUT2D eigenvalue weighted by atomic mass is 10.0. The van der Waals surface area contributed by atoms with E-state index in [2.05, 4.69) is 6.92 Å². The van der Waals surface area contributed by atoms with Crippen LogP contribution in [0.3, 0.4) is 0 Å². The van der Waals surface area contributed by atoms with Crippen molar-refractivity contribution >= 4 is 5.97 Å². The van der Waals surface area contributed by atoms with Crippen molar-refractivity contribution in [2.75, 3.05) is 6.61 Å².